The molecule has 0 aliphatic carbocycles. The zero-order chi connectivity index (χ0) is 11.1. The fourth-order valence-electron chi connectivity index (χ4n) is 1.08. The van der Waals surface area contributed by atoms with E-state index in [9.17, 15) is 9.90 Å². The molecule has 0 saturated carbocycles. The molecule has 0 aliphatic heterocycles. The van der Waals surface area contributed by atoms with Crippen LogP contribution >= 0.6 is 0 Å². The lowest BCUT2D eigenvalue weighted by atomic mass is 10.2. The molecule has 1 N–H and O–H groups in total. The maximum Gasteiger partial charge on any atom is 0.342 e. The van der Waals surface area contributed by atoms with Gasteiger partial charge in [-0.2, -0.15) is 0 Å². The monoisotopic (exact) mass is 206 g/mol. The SMILES string of the molecule is CCC=CCOC(=O)c1ccccc1O. The summed E-state index contributed by atoms with van der Waals surface area (Å²) in [5.74, 6) is -0.559. The molecule has 1 aromatic rings. The molecular weight excluding hydrogens is 192 g/mol. The molecule has 1 rings (SSSR count). The van der Waals surface area contributed by atoms with Crippen molar-refractivity contribution in [3.8, 4) is 5.75 Å². The molecule has 0 amide bonds. The van der Waals surface area contributed by atoms with Gasteiger partial charge >= 0.3 is 5.97 Å². The van der Waals surface area contributed by atoms with Crippen LogP contribution < -0.4 is 0 Å². The van der Waals surface area contributed by atoms with Crippen LogP contribution in [0.5, 0.6) is 5.75 Å². The summed E-state index contributed by atoms with van der Waals surface area (Å²) in [5, 5.41) is 9.36. The van der Waals surface area contributed by atoms with Crippen LogP contribution in [0.4, 0.5) is 0 Å². The van der Waals surface area contributed by atoms with Crippen LogP contribution in [0.2, 0.25) is 0 Å². The summed E-state index contributed by atoms with van der Waals surface area (Å²) >= 11 is 0. The molecule has 0 aromatic heterocycles. The maximum absolute atomic E-state index is 11.4. The van der Waals surface area contributed by atoms with Crippen LogP contribution in [0, 0.1) is 0 Å². The van der Waals surface area contributed by atoms with Gasteiger partial charge in [-0.1, -0.05) is 31.2 Å². The van der Waals surface area contributed by atoms with E-state index in [2.05, 4.69) is 0 Å². The van der Waals surface area contributed by atoms with Crippen molar-refractivity contribution >= 4 is 5.97 Å². The third-order valence-corrected chi connectivity index (χ3v) is 1.84. The minimum atomic E-state index is -0.506. The number of hydrogen-bond donors (Lipinski definition) is 1. The Morgan fingerprint density at radius 2 is 2.13 bits per heavy atom. The van der Waals surface area contributed by atoms with Crippen LogP contribution in [0.25, 0.3) is 0 Å². The number of para-hydroxylation sites is 1. The van der Waals surface area contributed by atoms with Crippen LogP contribution in [0.1, 0.15) is 23.7 Å². The first-order valence-corrected chi connectivity index (χ1v) is 4.85. The Balaban J connectivity index is 2.54. The zero-order valence-corrected chi connectivity index (χ0v) is 8.64. The molecule has 15 heavy (non-hydrogen) atoms. The van der Waals surface area contributed by atoms with Gasteiger partial charge in [-0.3, -0.25) is 0 Å². The van der Waals surface area contributed by atoms with Crippen molar-refractivity contribution in [1.82, 2.24) is 0 Å². The summed E-state index contributed by atoms with van der Waals surface area (Å²) < 4.78 is 4.93. The predicted molar refractivity (Wildman–Crippen MR) is 57.8 cm³/mol. The van der Waals surface area contributed by atoms with Gasteiger partial charge in [0.15, 0.2) is 0 Å². The van der Waals surface area contributed by atoms with E-state index in [1.165, 1.54) is 12.1 Å². The van der Waals surface area contributed by atoms with Crippen molar-refractivity contribution in [1.29, 1.82) is 0 Å². The topological polar surface area (TPSA) is 46.5 Å². The zero-order valence-electron chi connectivity index (χ0n) is 8.64. The third kappa shape index (κ3) is 3.46. The number of carbonyl (C=O) groups excluding carboxylic acids is 1. The number of ether oxygens (including phenoxy) is 1. The highest BCUT2D eigenvalue weighted by atomic mass is 16.5. The fraction of sp³-hybridized carbons (Fsp3) is 0.250. The van der Waals surface area contributed by atoms with Crippen LogP contribution in [-0.4, -0.2) is 17.7 Å². The first kappa shape index (κ1) is 11.3. The molecule has 0 fully saturated rings. The first-order chi connectivity index (χ1) is 7.25. The van der Waals surface area contributed by atoms with Gasteiger partial charge in [0.2, 0.25) is 0 Å². The average Bonchev–Trinajstić information content (AvgIpc) is 2.25. The van der Waals surface area contributed by atoms with Crippen LogP contribution in [0.3, 0.4) is 0 Å². The number of benzene rings is 1. The molecule has 3 nitrogen and oxygen atoms in total. The van der Waals surface area contributed by atoms with E-state index in [0.29, 0.717) is 0 Å². The quantitative estimate of drug-likeness (QED) is 0.608. The largest absolute Gasteiger partial charge is 0.507 e. The van der Waals surface area contributed by atoms with E-state index in [4.69, 9.17) is 4.74 Å². The van der Waals surface area contributed by atoms with Gasteiger partial charge in [0.05, 0.1) is 0 Å². The van der Waals surface area contributed by atoms with Crippen LogP contribution in [-0.2, 0) is 4.74 Å². The Kier molecular flexibility index (Phi) is 4.41. The number of phenolic OH excluding ortho intramolecular Hbond substituents is 1. The Morgan fingerprint density at radius 3 is 2.80 bits per heavy atom. The molecule has 0 spiro atoms. The summed E-state index contributed by atoms with van der Waals surface area (Å²) in [6, 6.07) is 6.32. The van der Waals surface area contributed by atoms with Crippen molar-refractivity contribution in [2.75, 3.05) is 6.61 Å². The lowest BCUT2D eigenvalue weighted by Gasteiger charge is -2.03. The van der Waals surface area contributed by atoms with E-state index >= 15 is 0 Å². The number of aromatic hydroxyl groups is 1. The van der Waals surface area contributed by atoms with Crippen molar-refractivity contribution < 1.29 is 14.6 Å². The molecule has 1 aromatic carbocycles. The maximum atomic E-state index is 11.4. The van der Waals surface area contributed by atoms with Crippen molar-refractivity contribution in [3.63, 3.8) is 0 Å². The Morgan fingerprint density at radius 1 is 1.40 bits per heavy atom. The van der Waals surface area contributed by atoms with Gasteiger partial charge in [0, 0.05) is 0 Å². The summed E-state index contributed by atoms with van der Waals surface area (Å²) in [5.41, 5.74) is 0.197. The minimum absolute atomic E-state index is 0.0537. The van der Waals surface area contributed by atoms with Crippen molar-refractivity contribution in [2.24, 2.45) is 0 Å². The highest BCUT2D eigenvalue weighted by Crippen LogP contribution is 2.16. The predicted octanol–water partition coefficient (Wildman–Crippen LogP) is 2.52. The molecular formula is C12H14O3. The third-order valence-electron chi connectivity index (χ3n) is 1.84. The molecule has 3 heteroatoms. The number of allylic oxidation sites excluding steroid dienone is 1. The number of rotatable bonds is 4. The lowest BCUT2D eigenvalue weighted by Crippen LogP contribution is -2.05. The normalized spacial score (nSPS) is 10.5. The van der Waals surface area contributed by atoms with Gasteiger partial charge in [0.1, 0.15) is 17.9 Å². The van der Waals surface area contributed by atoms with Crippen LogP contribution in [0.15, 0.2) is 36.4 Å². The number of esters is 1. The first-order valence-electron chi connectivity index (χ1n) is 4.85. The smallest absolute Gasteiger partial charge is 0.342 e. The molecule has 0 heterocycles. The molecule has 0 radical (unpaired) electrons. The fourth-order valence-corrected chi connectivity index (χ4v) is 1.08. The standard InChI is InChI=1S/C12H14O3/c1-2-3-6-9-15-12(14)10-7-4-5-8-11(10)13/h3-8,13H,2,9H2,1H3. The highest BCUT2D eigenvalue weighted by Gasteiger charge is 2.10. The highest BCUT2D eigenvalue weighted by molar-refractivity contribution is 5.92. The summed E-state index contributed by atoms with van der Waals surface area (Å²) in [6.07, 6.45) is 4.60. The molecule has 0 unspecified atom stereocenters. The molecule has 80 valence electrons. The van der Waals surface area contributed by atoms with E-state index in [1.807, 2.05) is 13.0 Å². The average molecular weight is 206 g/mol. The van der Waals surface area contributed by atoms with E-state index in [-0.39, 0.29) is 17.9 Å². The summed E-state index contributed by atoms with van der Waals surface area (Å²) in [7, 11) is 0. The van der Waals surface area contributed by atoms with E-state index in [1.54, 1.807) is 18.2 Å². The van der Waals surface area contributed by atoms with Gasteiger partial charge in [-0.15, -0.1) is 0 Å². The Bertz CT molecular complexity index is 356. The second kappa shape index (κ2) is 5.86. The van der Waals surface area contributed by atoms with Gasteiger partial charge in [0.25, 0.3) is 0 Å². The van der Waals surface area contributed by atoms with E-state index < -0.39 is 5.97 Å². The number of carbonyl (C=O) groups is 1. The number of phenols is 1. The van der Waals surface area contributed by atoms with E-state index in [0.717, 1.165) is 6.42 Å². The second-order valence-corrected chi connectivity index (χ2v) is 3.00. The summed E-state index contributed by atoms with van der Waals surface area (Å²) in [4.78, 5) is 11.4. The molecule has 0 atom stereocenters. The number of hydrogen-bond acceptors (Lipinski definition) is 3. The van der Waals surface area contributed by atoms with Gasteiger partial charge in [-0.05, 0) is 18.6 Å². The van der Waals surface area contributed by atoms with Gasteiger partial charge < -0.3 is 9.84 Å². The van der Waals surface area contributed by atoms with Crippen molar-refractivity contribution in [3.05, 3.63) is 42.0 Å². The molecule has 0 saturated heterocycles. The Hall–Kier alpha value is -1.77. The Labute approximate surface area is 89.0 Å². The van der Waals surface area contributed by atoms with Gasteiger partial charge in [-0.25, -0.2) is 4.79 Å². The second-order valence-electron chi connectivity index (χ2n) is 3.00. The minimum Gasteiger partial charge on any atom is -0.507 e. The summed E-state index contributed by atoms with van der Waals surface area (Å²) in [6.45, 7) is 2.24. The molecule has 0 aliphatic rings. The van der Waals surface area contributed by atoms with Crippen molar-refractivity contribution in [2.45, 2.75) is 13.3 Å². The lowest BCUT2D eigenvalue weighted by molar-refractivity contribution is 0.0546. The molecule has 0 bridgehead atoms.